The zero-order valence-corrected chi connectivity index (χ0v) is 17.9. The van der Waals surface area contributed by atoms with E-state index in [0.717, 1.165) is 29.2 Å². The molecular formula is C23H28N4O3. The predicted octanol–water partition coefficient (Wildman–Crippen LogP) is 3.25. The number of hydrogen-bond donors (Lipinski definition) is 2. The van der Waals surface area contributed by atoms with Gasteiger partial charge in [-0.25, -0.2) is 4.79 Å². The first-order chi connectivity index (χ1) is 14.3. The molecule has 3 rings (SSSR count). The summed E-state index contributed by atoms with van der Waals surface area (Å²) in [7, 11) is 0. The number of imide groups is 1. The van der Waals surface area contributed by atoms with E-state index in [0.29, 0.717) is 11.3 Å². The Labute approximate surface area is 177 Å². The first-order valence-corrected chi connectivity index (χ1v) is 10.1. The van der Waals surface area contributed by atoms with Crippen LogP contribution in [-0.4, -0.2) is 42.4 Å². The Balaban J connectivity index is 1.67. The Hall–Kier alpha value is -3.35. The lowest BCUT2D eigenvalue weighted by Crippen LogP contribution is -2.42. The fourth-order valence-electron chi connectivity index (χ4n) is 3.61. The monoisotopic (exact) mass is 408 g/mol. The van der Waals surface area contributed by atoms with Gasteiger partial charge in [0, 0.05) is 24.5 Å². The van der Waals surface area contributed by atoms with Crippen molar-refractivity contribution in [1.82, 2.24) is 10.2 Å². The van der Waals surface area contributed by atoms with Crippen molar-refractivity contribution in [3.05, 3.63) is 59.7 Å². The van der Waals surface area contributed by atoms with E-state index in [1.54, 1.807) is 6.92 Å². The van der Waals surface area contributed by atoms with Gasteiger partial charge in [-0.2, -0.15) is 0 Å². The van der Waals surface area contributed by atoms with Gasteiger partial charge in [0.1, 0.15) is 12.1 Å². The summed E-state index contributed by atoms with van der Waals surface area (Å²) < 4.78 is 0. The molecule has 1 heterocycles. The maximum Gasteiger partial charge on any atom is 0.325 e. The van der Waals surface area contributed by atoms with Crippen molar-refractivity contribution >= 4 is 29.2 Å². The normalized spacial score (nSPS) is 18.3. The van der Waals surface area contributed by atoms with Gasteiger partial charge in [-0.05, 0) is 57.5 Å². The molecule has 0 spiro atoms. The van der Waals surface area contributed by atoms with Gasteiger partial charge in [0.25, 0.3) is 5.91 Å². The molecular weight excluding hydrogens is 380 g/mol. The van der Waals surface area contributed by atoms with Gasteiger partial charge in [0.05, 0.1) is 0 Å². The molecule has 0 aromatic heterocycles. The Morgan fingerprint density at radius 3 is 2.20 bits per heavy atom. The highest BCUT2D eigenvalue weighted by atomic mass is 16.2. The summed E-state index contributed by atoms with van der Waals surface area (Å²) in [4.78, 5) is 41.0. The molecule has 0 saturated carbocycles. The van der Waals surface area contributed by atoms with E-state index in [1.807, 2.05) is 55.5 Å². The van der Waals surface area contributed by atoms with Crippen molar-refractivity contribution in [2.24, 2.45) is 0 Å². The number of nitrogens with one attached hydrogen (secondary N) is 2. The number of urea groups is 1. The largest absolute Gasteiger partial charge is 0.372 e. The SMILES string of the molecule is CCN(CC)c1ccc(NC(=O)CN2C(=O)NC(C)(c3ccc(C)cc3)C2=O)cc1. The smallest absolute Gasteiger partial charge is 0.325 e. The average molecular weight is 409 g/mol. The molecule has 1 aliphatic rings. The molecule has 1 aliphatic heterocycles. The zero-order valence-electron chi connectivity index (χ0n) is 17.9. The molecule has 1 saturated heterocycles. The molecule has 7 nitrogen and oxygen atoms in total. The Morgan fingerprint density at radius 1 is 1.03 bits per heavy atom. The van der Waals surface area contributed by atoms with Crippen LogP contribution in [0, 0.1) is 6.92 Å². The maximum absolute atomic E-state index is 13.0. The van der Waals surface area contributed by atoms with E-state index < -0.39 is 23.4 Å². The molecule has 1 fully saturated rings. The number of aryl methyl sites for hydroxylation is 1. The number of rotatable bonds is 7. The summed E-state index contributed by atoms with van der Waals surface area (Å²) >= 11 is 0. The molecule has 30 heavy (non-hydrogen) atoms. The van der Waals surface area contributed by atoms with Crippen molar-refractivity contribution in [2.75, 3.05) is 29.9 Å². The van der Waals surface area contributed by atoms with Crippen LogP contribution in [0.5, 0.6) is 0 Å². The van der Waals surface area contributed by atoms with Gasteiger partial charge in [-0.15, -0.1) is 0 Å². The summed E-state index contributed by atoms with van der Waals surface area (Å²) in [6, 6.07) is 14.3. The van der Waals surface area contributed by atoms with E-state index in [1.165, 1.54) is 0 Å². The number of amides is 4. The fourth-order valence-corrected chi connectivity index (χ4v) is 3.61. The van der Waals surface area contributed by atoms with Crippen LogP contribution in [0.3, 0.4) is 0 Å². The van der Waals surface area contributed by atoms with Gasteiger partial charge >= 0.3 is 6.03 Å². The molecule has 0 bridgehead atoms. The Bertz CT molecular complexity index is 936. The van der Waals surface area contributed by atoms with Crippen LogP contribution in [0.4, 0.5) is 16.2 Å². The van der Waals surface area contributed by atoms with Crippen molar-refractivity contribution < 1.29 is 14.4 Å². The van der Waals surface area contributed by atoms with Crippen LogP contribution < -0.4 is 15.5 Å². The van der Waals surface area contributed by atoms with Crippen LogP contribution in [0.2, 0.25) is 0 Å². The molecule has 0 radical (unpaired) electrons. The predicted molar refractivity (Wildman–Crippen MR) is 117 cm³/mol. The van der Waals surface area contributed by atoms with Crippen LogP contribution in [-0.2, 0) is 15.1 Å². The number of hydrogen-bond acceptors (Lipinski definition) is 4. The van der Waals surface area contributed by atoms with Crippen molar-refractivity contribution in [2.45, 2.75) is 33.2 Å². The molecule has 2 aromatic carbocycles. The van der Waals surface area contributed by atoms with Gasteiger partial charge in [-0.1, -0.05) is 29.8 Å². The van der Waals surface area contributed by atoms with Crippen molar-refractivity contribution in [3.8, 4) is 0 Å². The van der Waals surface area contributed by atoms with Crippen LogP contribution in [0.25, 0.3) is 0 Å². The van der Waals surface area contributed by atoms with Crippen LogP contribution in [0.15, 0.2) is 48.5 Å². The summed E-state index contributed by atoms with van der Waals surface area (Å²) in [5, 5.41) is 5.48. The molecule has 4 amide bonds. The number of nitrogens with zero attached hydrogens (tertiary/aromatic N) is 2. The average Bonchev–Trinajstić information content (AvgIpc) is 2.94. The van der Waals surface area contributed by atoms with Gasteiger partial charge in [0.2, 0.25) is 5.91 Å². The minimum Gasteiger partial charge on any atom is -0.372 e. The number of carbonyl (C=O) groups excluding carboxylic acids is 3. The number of anilines is 2. The lowest BCUT2D eigenvalue weighted by Gasteiger charge is -2.22. The first kappa shape index (κ1) is 21.4. The van der Waals surface area contributed by atoms with E-state index in [2.05, 4.69) is 29.4 Å². The maximum atomic E-state index is 13.0. The lowest BCUT2D eigenvalue weighted by atomic mass is 9.91. The minimum absolute atomic E-state index is 0.343. The van der Waals surface area contributed by atoms with E-state index in [4.69, 9.17) is 0 Å². The zero-order chi connectivity index (χ0) is 21.9. The molecule has 2 N–H and O–H groups in total. The summed E-state index contributed by atoms with van der Waals surface area (Å²) in [6.45, 7) is 9.23. The highest BCUT2D eigenvalue weighted by Gasteiger charge is 2.49. The number of benzene rings is 2. The fraction of sp³-hybridized carbons (Fsp3) is 0.348. The second-order valence-electron chi connectivity index (χ2n) is 7.58. The Kier molecular flexibility index (Phi) is 6.10. The van der Waals surface area contributed by atoms with Crippen molar-refractivity contribution in [3.63, 3.8) is 0 Å². The molecule has 2 aromatic rings. The highest BCUT2D eigenvalue weighted by Crippen LogP contribution is 2.29. The molecule has 7 heteroatoms. The number of carbonyl (C=O) groups is 3. The van der Waals surface area contributed by atoms with Gasteiger partial charge in [-0.3, -0.25) is 14.5 Å². The third-order valence-electron chi connectivity index (χ3n) is 5.49. The molecule has 0 aliphatic carbocycles. The quantitative estimate of drug-likeness (QED) is 0.689. The third kappa shape index (κ3) is 4.15. The lowest BCUT2D eigenvalue weighted by molar-refractivity contribution is -0.133. The van der Waals surface area contributed by atoms with E-state index >= 15 is 0 Å². The van der Waals surface area contributed by atoms with E-state index in [-0.39, 0.29) is 6.54 Å². The topological polar surface area (TPSA) is 81.8 Å². The summed E-state index contributed by atoms with van der Waals surface area (Å²) in [5.41, 5.74) is 2.24. The second-order valence-corrected chi connectivity index (χ2v) is 7.58. The standard InChI is InChI=1S/C23H28N4O3/c1-5-26(6-2)19-13-11-18(12-14-19)24-20(28)15-27-21(29)23(4,25-22(27)30)17-9-7-16(3)8-10-17/h7-14H,5-6,15H2,1-4H3,(H,24,28)(H,25,30). The van der Waals surface area contributed by atoms with Crippen LogP contribution in [0.1, 0.15) is 31.9 Å². The van der Waals surface area contributed by atoms with Gasteiger partial charge < -0.3 is 15.5 Å². The molecule has 1 atom stereocenters. The molecule has 1 unspecified atom stereocenters. The summed E-state index contributed by atoms with van der Waals surface area (Å²) in [6.07, 6.45) is 0. The Morgan fingerprint density at radius 2 is 1.63 bits per heavy atom. The second kappa shape index (κ2) is 8.57. The van der Waals surface area contributed by atoms with Crippen LogP contribution >= 0.6 is 0 Å². The highest BCUT2D eigenvalue weighted by molar-refractivity contribution is 6.10. The van der Waals surface area contributed by atoms with Crippen molar-refractivity contribution in [1.29, 1.82) is 0 Å². The minimum atomic E-state index is -1.18. The van der Waals surface area contributed by atoms with Gasteiger partial charge in [0.15, 0.2) is 0 Å². The first-order valence-electron chi connectivity index (χ1n) is 10.1. The molecule has 158 valence electrons. The van der Waals surface area contributed by atoms with E-state index in [9.17, 15) is 14.4 Å². The third-order valence-corrected chi connectivity index (χ3v) is 5.49. The summed E-state index contributed by atoms with van der Waals surface area (Å²) in [5.74, 6) is -0.870.